The monoisotopic (exact) mass is 359 g/mol. The van der Waals surface area contributed by atoms with Crippen molar-refractivity contribution in [2.75, 3.05) is 0 Å². The Morgan fingerprint density at radius 2 is 1.00 bits per heavy atom. The molecule has 3 rings (SSSR count). The predicted octanol–water partition coefficient (Wildman–Crippen LogP) is 5.30. The first-order valence-electron chi connectivity index (χ1n) is 9.08. The van der Waals surface area contributed by atoms with Crippen molar-refractivity contribution in [3.63, 3.8) is 0 Å². The van der Waals surface area contributed by atoms with E-state index in [2.05, 4.69) is 96.2 Å². The maximum absolute atomic E-state index is 6.30. The Balaban J connectivity index is 1.97. The van der Waals surface area contributed by atoms with Gasteiger partial charge in [0.15, 0.2) is 0 Å². The molecule has 0 N–H and O–H groups in total. The minimum atomic E-state index is -2.24. The van der Waals surface area contributed by atoms with E-state index in [0.717, 1.165) is 18.1 Å². The molecule has 0 saturated carbocycles. The van der Waals surface area contributed by atoms with Gasteiger partial charge in [0.1, 0.15) is 0 Å². The molecule has 3 heteroatoms. The molecule has 132 valence electrons. The molecular formula is C23H25NOSi. The number of hydrogen-bond donors (Lipinski definition) is 0. The molecule has 2 nitrogen and oxygen atoms in total. The summed E-state index contributed by atoms with van der Waals surface area (Å²) >= 11 is 0. The van der Waals surface area contributed by atoms with Crippen LogP contribution in [0.3, 0.4) is 0 Å². The van der Waals surface area contributed by atoms with Gasteiger partial charge in [-0.1, -0.05) is 91.0 Å². The summed E-state index contributed by atoms with van der Waals surface area (Å²) in [4.78, 5) is 0. The van der Waals surface area contributed by atoms with Crippen LogP contribution in [0.25, 0.3) is 0 Å². The van der Waals surface area contributed by atoms with Crippen LogP contribution in [0.5, 0.6) is 0 Å². The van der Waals surface area contributed by atoms with E-state index >= 15 is 0 Å². The van der Waals surface area contributed by atoms with E-state index in [1.54, 1.807) is 6.21 Å². The zero-order valence-corrected chi connectivity index (χ0v) is 16.2. The molecular weight excluding hydrogens is 334 g/mol. The Morgan fingerprint density at radius 1 is 0.654 bits per heavy atom. The molecule has 0 amide bonds. The molecule has 0 radical (unpaired) electrons. The molecule has 0 aliphatic rings. The maximum Gasteiger partial charge on any atom is 0.300 e. The average molecular weight is 360 g/mol. The van der Waals surface area contributed by atoms with Crippen molar-refractivity contribution in [1.82, 2.24) is 0 Å². The molecule has 0 heterocycles. The largest absolute Gasteiger partial charge is 0.454 e. The molecule has 0 spiro atoms. The van der Waals surface area contributed by atoms with Gasteiger partial charge in [0.25, 0.3) is 8.32 Å². The normalized spacial score (nSPS) is 11.6. The summed E-state index contributed by atoms with van der Waals surface area (Å²) in [5.74, 6) is 0. The van der Waals surface area contributed by atoms with Gasteiger partial charge in [0.05, 0.1) is 0 Å². The van der Waals surface area contributed by atoms with Crippen LogP contribution < -0.4 is 0 Å². The second-order valence-electron chi connectivity index (χ2n) is 6.63. The lowest BCUT2D eigenvalue weighted by molar-refractivity contribution is 0.318. The van der Waals surface area contributed by atoms with E-state index in [0.29, 0.717) is 0 Å². The molecule has 0 saturated heterocycles. The van der Waals surface area contributed by atoms with E-state index in [1.807, 2.05) is 6.92 Å². The number of rotatable bonds is 8. The lowest BCUT2D eigenvalue weighted by Crippen LogP contribution is -2.46. The highest BCUT2D eigenvalue weighted by Gasteiger charge is 2.38. The summed E-state index contributed by atoms with van der Waals surface area (Å²) in [6.45, 7) is 1.91. The van der Waals surface area contributed by atoms with Crippen LogP contribution in [0.2, 0.25) is 0 Å². The first-order chi connectivity index (χ1) is 12.8. The first kappa shape index (κ1) is 18.1. The molecule has 26 heavy (non-hydrogen) atoms. The smallest absolute Gasteiger partial charge is 0.300 e. The number of nitrogens with zero attached hydrogens (tertiary/aromatic N) is 1. The quantitative estimate of drug-likeness (QED) is 0.304. The molecule has 0 unspecified atom stereocenters. The highest BCUT2D eigenvalue weighted by atomic mass is 28.4. The third-order valence-corrected chi connectivity index (χ3v) is 8.11. The molecule has 3 aromatic carbocycles. The Labute approximate surface area is 157 Å². The van der Waals surface area contributed by atoms with Gasteiger partial charge in [-0.15, -0.1) is 5.16 Å². The minimum absolute atomic E-state index is 0.939. The van der Waals surface area contributed by atoms with Gasteiger partial charge < -0.3 is 4.53 Å². The van der Waals surface area contributed by atoms with Gasteiger partial charge >= 0.3 is 0 Å². The standard InChI is InChI=1S/C23H25NOSi/c1-2-24-25-26(18-21-12-6-3-7-13-21,19-22-14-8-4-9-15-22)20-23-16-10-5-11-17-23/h2-17H,18-20H2,1H3/b24-2-. The Kier molecular flexibility index (Phi) is 6.39. The Morgan fingerprint density at radius 3 is 1.31 bits per heavy atom. The summed E-state index contributed by atoms with van der Waals surface area (Å²) in [5, 5.41) is 4.27. The lowest BCUT2D eigenvalue weighted by Gasteiger charge is -2.29. The van der Waals surface area contributed by atoms with Gasteiger partial charge in [-0.3, -0.25) is 0 Å². The topological polar surface area (TPSA) is 21.6 Å². The van der Waals surface area contributed by atoms with Crippen LogP contribution in [-0.4, -0.2) is 14.5 Å². The van der Waals surface area contributed by atoms with Crippen LogP contribution in [0.1, 0.15) is 23.6 Å². The van der Waals surface area contributed by atoms with Crippen molar-refractivity contribution < 1.29 is 4.53 Å². The van der Waals surface area contributed by atoms with Crippen molar-refractivity contribution in [3.8, 4) is 0 Å². The van der Waals surface area contributed by atoms with Crippen molar-refractivity contribution >= 4 is 14.5 Å². The second kappa shape index (κ2) is 9.16. The van der Waals surface area contributed by atoms with Gasteiger partial charge in [0.2, 0.25) is 0 Å². The molecule has 0 atom stereocenters. The van der Waals surface area contributed by atoms with Crippen LogP contribution in [0.15, 0.2) is 96.2 Å². The van der Waals surface area contributed by atoms with Gasteiger partial charge in [-0.25, -0.2) is 0 Å². The zero-order chi connectivity index (χ0) is 18.1. The van der Waals surface area contributed by atoms with Gasteiger partial charge in [0, 0.05) is 24.3 Å². The van der Waals surface area contributed by atoms with E-state index in [-0.39, 0.29) is 0 Å². The van der Waals surface area contributed by atoms with E-state index in [1.165, 1.54) is 16.7 Å². The van der Waals surface area contributed by atoms with E-state index in [9.17, 15) is 0 Å². The van der Waals surface area contributed by atoms with Crippen LogP contribution in [-0.2, 0) is 22.7 Å². The highest BCUT2D eigenvalue weighted by Crippen LogP contribution is 2.24. The zero-order valence-electron chi connectivity index (χ0n) is 15.2. The van der Waals surface area contributed by atoms with E-state index in [4.69, 9.17) is 4.53 Å². The van der Waals surface area contributed by atoms with Crippen LogP contribution in [0.4, 0.5) is 0 Å². The number of oxime groups is 1. The summed E-state index contributed by atoms with van der Waals surface area (Å²) in [5.41, 5.74) is 3.95. The minimum Gasteiger partial charge on any atom is -0.454 e. The molecule has 3 aromatic rings. The molecule has 0 aromatic heterocycles. The fourth-order valence-electron chi connectivity index (χ4n) is 3.35. The Hall–Kier alpha value is -2.65. The van der Waals surface area contributed by atoms with Crippen molar-refractivity contribution in [1.29, 1.82) is 0 Å². The van der Waals surface area contributed by atoms with Gasteiger partial charge in [-0.05, 0) is 23.6 Å². The molecule has 0 bridgehead atoms. The molecule has 0 aliphatic heterocycles. The lowest BCUT2D eigenvalue weighted by atomic mass is 10.2. The predicted molar refractivity (Wildman–Crippen MR) is 111 cm³/mol. The van der Waals surface area contributed by atoms with Crippen molar-refractivity contribution in [2.45, 2.75) is 25.1 Å². The van der Waals surface area contributed by atoms with Crippen LogP contribution in [0, 0.1) is 0 Å². The number of hydrogen-bond acceptors (Lipinski definition) is 2. The fourth-order valence-corrected chi connectivity index (χ4v) is 7.19. The Bertz CT molecular complexity index is 702. The summed E-state index contributed by atoms with van der Waals surface area (Å²) < 4.78 is 6.30. The fraction of sp³-hybridized carbons (Fsp3) is 0.174. The third-order valence-electron chi connectivity index (χ3n) is 4.46. The third kappa shape index (κ3) is 5.17. The summed E-state index contributed by atoms with van der Waals surface area (Å²) in [7, 11) is -2.24. The highest BCUT2D eigenvalue weighted by molar-refractivity contribution is 6.72. The molecule has 0 fully saturated rings. The summed E-state index contributed by atoms with van der Waals surface area (Å²) in [6.07, 6.45) is 1.75. The first-order valence-corrected chi connectivity index (χ1v) is 11.6. The van der Waals surface area contributed by atoms with Gasteiger partial charge in [-0.2, -0.15) is 0 Å². The maximum atomic E-state index is 6.30. The number of benzene rings is 3. The second-order valence-corrected chi connectivity index (χ2v) is 10.2. The summed E-state index contributed by atoms with van der Waals surface area (Å²) in [6, 6.07) is 34.7. The average Bonchev–Trinajstić information content (AvgIpc) is 2.69. The van der Waals surface area contributed by atoms with Crippen molar-refractivity contribution in [3.05, 3.63) is 108 Å². The van der Waals surface area contributed by atoms with Crippen molar-refractivity contribution in [2.24, 2.45) is 5.16 Å². The SMILES string of the molecule is C/C=N\O[Si](Cc1ccccc1)(Cc1ccccc1)Cc1ccccc1. The molecule has 0 aliphatic carbocycles. The van der Waals surface area contributed by atoms with E-state index < -0.39 is 8.32 Å². The van der Waals surface area contributed by atoms with Crippen LogP contribution >= 0.6 is 0 Å².